The van der Waals surface area contributed by atoms with Crippen LogP contribution in [0.15, 0.2) is 36.7 Å². The molecule has 2 aromatic rings. The maximum Gasteiger partial charge on any atom is 0.401 e. The van der Waals surface area contributed by atoms with Crippen molar-refractivity contribution in [2.45, 2.75) is 18.6 Å². The molecule has 0 unspecified atom stereocenters. The number of hydrogen-bond donors (Lipinski definition) is 1. The van der Waals surface area contributed by atoms with E-state index in [0.717, 1.165) is 0 Å². The molecule has 1 saturated heterocycles. The van der Waals surface area contributed by atoms with Crippen LogP contribution in [0.4, 0.5) is 13.2 Å². The van der Waals surface area contributed by atoms with Gasteiger partial charge in [0.1, 0.15) is 0 Å². The lowest BCUT2D eigenvalue weighted by atomic mass is 10.1. The number of hydrogen-bond acceptors (Lipinski definition) is 4. The van der Waals surface area contributed by atoms with Crippen LogP contribution in [0.25, 0.3) is 5.69 Å². The molecular formula is C15H16F3N5O. The topological polar surface area (TPSA) is 63.1 Å². The van der Waals surface area contributed by atoms with Crippen LogP contribution in [-0.2, 0) is 0 Å². The van der Waals surface area contributed by atoms with Crippen molar-refractivity contribution in [1.29, 1.82) is 0 Å². The first kappa shape index (κ1) is 16.4. The molecule has 1 N–H and O–H groups in total. The summed E-state index contributed by atoms with van der Waals surface area (Å²) in [7, 11) is 0. The highest BCUT2D eigenvalue weighted by Crippen LogP contribution is 2.20. The van der Waals surface area contributed by atoms with Gasteiger partial charge in [-0.1, -0.05) is 11.3 Å². The molecule has 1 aliphatic heterocycles. The van der Waals surface area contributed by atoms with Gasteiger partial charge >= 0.3 is 6.18 Å². The standard InChI is InChI=1S/C15H16F3N5O/c16-15(17,18)10-22-6-4-12(9-22)20-14(24)11-2-1-3-13(8-11)23-7-5-19-21-23/h1-3,5,7-8,12H,4,6,9-10H2,(H,20,24)/t12-/m1/s1. The molecule has 1 aliphatic rings. The molecule has 0 saturated carbocycles. The summed E-state index contributed by atoms with van der Waals surface area (Å²) < 4.78 is 38.7. The maximum atomic E-state index is 12.4. The van der Waals surface area contributed by atoms with E-state index >= 15 is 0 Å². The van der Waals surface area contributed by atoms with E-state index in [1.807, 2.05) is 0 Å². The van der Waals surface area contributed by atoms with E-state index < -0.39 is 12.7 Å². The molecular weight excluding hydrogens is 323 g/mol. The molecule has 24 heavy (non-hydrogen) atoms. The Kier molecular flexibility index (Phi) is 4.52. The molecule has 0 bridgehead atoms. The molecule has 1 amide bonds. The summed E-state index contributed by atoms with van der Waals surface area (Å²) in [6, 6.07) is 6.53. The zero-order valence-corrected chi connectivity index (χ0v) is 12.7. The molecule has 0 aliphatic carbocycles. The average molecular weight is 339 g/mol. The van der Waals surface area contributed by atoms with Gasteiger partial charge < -0.3 is 5.32 Å². The third-order valence-corrected chi connectivity index (χ3v) is 3.81. The van der Waals surface area contributed by atoms with Crippen LogP contribution in [0, 0.1) is 0 Å². The lowest BCUT2D eigenvalue weighted by Gasteiger charge is -2.18. The predicted octanol–water partition coefficient (Wildman–Crippen LogP) is 1.63. The Morgan fingerprint density at radius 1 is 1.38 bits per heavy atom. The number of amides is 1. The molecule has 9 heteroatoms. The number of nitrogens with one attached hydrogen (secondary N) is 1. The second kappa shape index (κ2) is 6.60. The van der Waals surface area contributed by atoms with E-state index in [9.17, 15) is 18.0 Å². The predicted molar refractivity (Wildman–Crippen MR) is 79.7 cm³/mol. The highest BCUT2D eigenvalue weighted by atomic mass is 19.4. The van der Waals surface area contributed by atoms with Gasteiger partial charge in [-0.2, -0.15) is 13.2 Å². The molecule has 1 aromatic heterocycles. The Morgan fingerprint density at radius 3 is 2.92 bits per heavy atom. The number of halogens is 3. The molecule has 0 spiro atoms. The lowest BCUT2D eigenvalue weighted by molar-refractivity contribution is -0.143. The first-order chi connectivity index (χ1) is 11.4. The van der Waals surface area contributed by atoms with E-state index in [4.69, 9.17) is 0 Å². The summed E-state index contributed by atoms with van der Waals surface area (Å²) in [4.78, 5) is 13.6. The van der Waals surface area contributed by atoms with E-state index in [0.29, 0.717) is 24.2 Å². The molecule has 1 aromatic carbocycles. The largest absolute Gasteiger partial charge is 0.401 e. The molecule has 1 fully saturated rings. The Labute approximate surface area is 136 Å². The number of alkyl halides is 3. The second-order valence-corrected chi connectivity index (χ2v) is 5.71. The van der Waals surface area contributed by atoms with Crippen molar-refractivity contribution in [3.05, 3.63) is 42.2 Å². The summed E-state index contributed by atoms with van der Waals surface area (Å²) in [5.74, 6) is -0.309. The summed E-state index contributed by atoms with van der Waals surface area (Å²) in [5.41, 5.74) is 1.11. The van der Waals surface area contributed by atoms with Gasteiger partial charge in [-0.15, -0.1) is 5.10 Å². The van der Waals surface area contributed by atoms with Gasteiger partial charge in [0.15, 0.2) is 0 Å². The van der Waals surface area contributed by atoms with Gasteiger partial charge in [0.2, 0.25) is 0 Å². The fourth-order valence-corrected chi connectivity index (χ4v) is 2.75. The van der Waals surface area contributed by atoms with Crippen LogP contribution in [0.2, 0.25) is 0 Å². The van der Waals surface area contributed by atoms with E-state index in [-0.39, 0.29) is 18.5 Å². The molecule has 3 rings (SSSR count). The van der Waals surface area contributed by atoms with E-state index in [2.05, 4.69) is 15.6 Å². The molecule has 6 nitrogen and oxygen atoms in total. The first-order valence-electron chi connectivity index (χ1n) is 7.47. The van der Waals surface area contributed by atoms with Crippen LogP contribution in [0.1, 0.15) is 16.8 Å². The zero-order valence-electron chi connectivity index (χ0n) is 12.7. The first-order valence-corrected chi connectivity index (χ1v) is 7.47. The highest BCUT2D eigenvalue weighted by Gasteiger charge is 2.34. The van der Waals surface area contributed by atoms with Crippen molar-refractivity contribution in [2.24, 2.45) is 0 Å². The lowest BCUT2D eigenvalue weighted by Crippen LogP contribution is -2.39. The van der Waals surface area contributed by atoms with Crippen molar-refractivity contribution < 1.29 is 18.0 Å². The summed E-state index contributed by atoms with van der Waals surface area (Å²) in [6.07, 6.45) is -0.529. The number of carbonyl (C=O) groups excluding carboxylic acids is 1. The minimum absolute atomic E-state index is 0.202. The number of carbonyl (C=O) groups is 1. The minimum atomic E-state index is -4.22. The minimum Gasteiger partial charge on any atom is -0.348 e. The quantitative estimate of drug-likeness (QED) is 0.920. The third kappa shape index (κ3) is 4.10. The Balaban J connectivity index is 1.61. The summed E-state index contributed by atoms with van der Waals surface area (Å²) in [5, 5.41) is 10.4. The smallest absolute Gasteiger partial charge is 0.348 e. The SMILES string of the molecule is O=C(N[C@@H]1CCN(CC(F)(F)F)C1)c1cccc(-n2ccnn2)c1. The van der Waals surface area contributed by atoms with Gasteiger partial charge in [0.05, 0.1) is 24.6 Å². The van der Waals surface area contributed by atoms with Gasteiger partial charge in [-0.25, -0.2) is 4.68 Å². The number of rotatable bonds is 4. The number of aromatic nitrogens is 3. The number of nitrogens with zero attached hydrogens (tertiary/aromatic N) is 4. The Morgan fingerprint density at radius 2 is 2.21 bits per heavy atom. The summed E-state index contributed by atoms with van der Waals surface area (Å²) >= 11 is 0. The Hall–Kier alpha value is -2.42. The maximum absolute atomic E-state index is 12.4. The Bertz CT molecular complexity index is 701. The van der Waals surface area contributed by atoms with Crippen LogP contribution in [0.5, 0.6) is 0 Å². The van der Waals surface area contributed by atoms with Crippen molar-refractivity contribution >= 4 is 5.91 Å². The normalized spacial score (nSPS) is 18.7. The van der Waals surface area contributed by atoms with Crippen molar-refractivity contribution in [3.8, 4) is 5.69 Å². The average Bonchev–Trinajstić information content (AvgIpc) is 3.18. The number of benzene rings is 1. The van der Waals surface area contributed by atoms with Crippen LogP contribution in [-0.4, -0.2) is 57.7 Å². The third-order valence-electron chi connectivity index (χ3n) is 3.81. The number of likely N-dealkylation sites (tertiary alicyclic amines) is 1. The zero-order chi connectivity index (χ0) is 17.2. The van der Waals surface area contributed by atoms with Crippen molar-refractivity contribution in [1.82, 2.24) is 25.2 Å². The van der Waals surface area contributed by atoms with Gasteiger partial charge in [0, 0.05) is 24.7 Å². The van der Waals surface area contributed by atoms with Gasteiger partial charge in [0.25, 0.3) is 5.91 Å². The second-order valence-electron chi connectivity index (χ2n) is 5.71. The fourth-order valence-electron chi connectivity index (χ4n) is 2.75. The fraction of sp³-hybridized carbons (Fsp3) is 0.400. The molecule has 1 atom stereocenters. The van der Waals surface area contributed by atoms with E-state index in [1.54, 1.807) is 30.5 Å². The summed E-state index contributed by atoms with van der Waals surface area (Å²) in [6.45, 7) is -0.418. The monoisotopic (exact) mass is 339 g/mol. The van der Waals surface area contributed by atoms with Gasteiger partial charge in [-0.3, -0.25) is 9.69 Å². The van der Waals surface area contributed by atoms with Crippen LogP contribution < -0.4 is 5.32 Å². The van der Waals surface area contributed by atoms with Crippen molar-refractivity contribution in [3.63, 3.8) is 0 Å². The van der Waals surface area contributed by atoms with Crippen LogP contribution in [0.3, 0.4) is 0 Å². The van der Waals surface area contributed by atoms with Crippen molar-refractivity contribution in [2.75, 3.05) is 19.6 Å². The highest BCUT2D eigenvalue weighted by molar-refractivity contribution is 5.94. The molecule has 0 radical (unpaired) electrons. The molecule has 2 heterocycles. The van der Waals surface area contributed by atoms with E-state index in [1.165, 1.54) is 15.8 Å². The van der Waals surface area contributed by atoms with Crippen LogP contribution >= 0.6 is 0 Å². The molecule has 128 valence electrons. The van der Waals surface area contributed by atoms with Gasteiger partial charge in [-0.05, 0) is 24.6 Å².